The van der Waals surface area contributed by atoms with Gasteiger partial charge in [0.25, 0.3) is 0 Å². The molecule has 1 aliphatic carbocycles. The molecular weight excluding hydrogens is 328 g/mol. The zero-order valence-electron chi connectivity index (χ0n) is 14.3. The average molecular weight is 359 g/mol. The monoisotopic (exact) mass is 358 g/mol. The number of hydrogen-bond acceptors (Lipinski definition) is 6. The van der Waals surface area contributed by atoms with Gasteiger partial charge >= 0.3 is 5.97 Å². The first-order valence-electron chi connectivity index (χ1n) is 8.96. The van der Waals surface area contributed by atoms with Gasteiger partial charge in [-0.1, -0.05) is 12.2 Å². The summed E-state index contributed by atoms with van der Waals surface area (Å²) in [5.41, 5.74) is 0. The van der Waals surface area contributed by atoms with Crippen LogP contribution in [0.3, 0.4) is 0 Å². The molecule has 5 nitrogen and oxygen atoms in total. The Morgan fingerprint density at radius 3 is 2.88 bits per heavy atom. The Balaban J connectivity index is 2.16. The molecule has 6 atom stereocenters. The molecule has 1 aliphatic heterocycles. The van der Waals surface area contributed by atoms with E-state index in [0.717, 1.165) is 19.3 Å². The molecule has 6 heteroatoms. The molecule has 0 amide bonds. The molecule has 24 heavy (non-hydrogen) atoms. The fraction of sp³-hybridized carbons (Fsp3) is 0.833. The van der Waals surface area contributed by atoms with E-state index < -0.39 is 12.2 Å². The van der Waals surface area contributed by atoms with Crippen molar-refractivity contribution < 1.29 is 24.9 Å². The summed E-state index contributed by atoms with van der Waals surface area (Å²) in [6.45, 7) is 1.91. The third kappa shape index (κ3) is 5.76. The minimum Gasteiger partial charge on any atom is -0.463 e. The van der Waals surface area contributed by atoms with Crippen LogP contribution in [0, 0.1) is 11.8 Å². The lowest BCUT2D eigenvalue weighted by atomic mass is 9.87. The number of esters is 1. The van der Waals surface area contributed by atoms with Crippen LogP contribution in [-0.2, 0) is 9.53 Å². The maximum Gasteiger partial charge on any atom is 0.307 e. The second-order valence-electron chi connectivity index (χ2n) is 6.94. The van der Waals surface area contributed by atoms with Crippen molar-refractivity contribution in [2.24, 2.45) is 11.8 Å². The summed E-state index contributed by atoms with van der Waals surface area (Å²) < 4.78 is 5.46. The predicted molar refractivity (Wildman–Crippen MR) is 94.7 cm³/mol. The molecule has 0 radical (unpaired) electrons. The molecule has 0 unspecified atom stereocenters. The van der Waals surface area contributed by atoms with Crippen molar-refractivity contribution in [3.8, 4) is 0 Å². The van der Waals surface area contributed by atoms with Gasteiger partial charge in [-0.3, -0.25) is 4.79 Å². The van der Waals surface area contributed by atoms with E-state index in [4.69, 9.17) is 9.84 Å². The molecule has 0 saturated heterocycles. The third-order valence-electron chi connectivity index (χ3n) is 4.95. The molecular formula is C18H30O5S. The van der Waals surface area contributed by atoms with Gasteiger partial charge in [-0.15, -0.1) is 0 Å². The van der Waals surface area contributed by atoms with Crippen molar-refractivity contribution in [2.75, 3.05) is 12.4 Å². The molecule has 1 heterocycles. The summed E-state index contributed by atoms with van der Waals surface area (Å²) in [5.74, 6) is 0.263. The number of carbonyl (C=O) groups is 1. The molecule has 0 aromatic rings. The van der Waals surface area contributed by atoms with E-state index in [1.165, 1.54) is 11.8 Å². The maximum absolute atomic E-state index is 12.2. The maximum atomic E-state index is 12.2. The van der Waals surface area contributed by atoms with Crippen molar-refractivity contribution in [3.63, 3.8) is 0 Å². The molecule has 3 N–H and O–H groups in total. The molecule has 0 bridgehead atoms. The lowest BCUT2D eigenvalue weighted by molar-refractivity contribution is -0.149. The van der Waals surface area contributed by atoms with Gasteiger partial charge in [-0.25, -0.2) is 0 Å². The highest BCUT2D eigenvalue weighted by Gasteiger charge is 2.40. The largest absolute Gasteiger partial charge is 0.463 e. The van der Waals surface area contributed by atoms with Gasteiger partial charge in [0.1, 0.15) is 0 Å². The highest BCUT2D eigenvalue weighted by atomic mass is 32.2. The number of fused-ring (bicyclic) bond motifs is 1. The quantitative estimate of drug-likeness (QED) is 0.528. The Morgan fingerprint density at radius 2 is 2.12 bits per heavy atom. The van der Waals surface area contributed by atoms with Crippen LogP contribution in [0.2, 0.25) is 0 Å². The fourth-order valence-electron chi connectivity index (χ4n) is 3.74. The number of ether oxygens (including phenoxy) is 1. The molecule has 0 spiro atoms. The van der Waals surface area contributed by atoms with Crippen LogP contribution in [0.25, 0.3) is 0 Å². The van der Waals surface area contributed by atoms with Gasteiger partial charge in [-0.2, -0.15) is 11.8 Å². The molecule has 0 aromatic heterocycles. The molecule has 0 aromatic carbocycles. The van der Waals surface area contributed by atoms with Gasteiger partial charge in [0, 0.05) is 11.0 Å². The van der Waals surface area contributed by atoms with Crippen LogP contribution in [0.1, 0.15) is 45.4 Å². The summed E-state index contributed by atoms with van der Waals surface area (Å²) in [6, 6.07) is 0. The minimum atomic E-state index is -0.697. The van der Waals surface area contributed by atoms with E-state index >= 15 is 0 Å². The van der Waals surface area contributed by atoms with Crippen LogP contribution in [0.4, 0.5) is 0 Å². The second-order valence-corrected chi connectivity index (χ2v) is 8.29. The van der Waals surface area contributed by atoms with E-state index in [0.29, 0.717) is 18.6 Å². The van der Waals surface area contributed by atoms with Crippen molar-refractivity contribution in [2.45, 2.75) is 69.0 Å². The summed E-state index contributed by atoms with van der Waals surface area (Å²) >= 11 is 1.41. The van der Waals surface area contributed by atoms with Crippen LogP contribution in [-0.4, -0.2) is 57.2 Å². The Labute approximate surface area is 148 Å². The number of cyclic esters (lactones) is 1. The van der Waals surface area contributed by atoms with Gasteiger partial charge in [0.15, 0.2) is 0 Å². The van der Waals surface area contributed by atoms with Crippen molar-refractivity contribution in [1.29, 1.82) is 0 Å². The van der Waals surface area contributed by atoms with Gasteiger partial charge < -0.3 is 20.1 Å². The molecule has 2 rings (SSSR count). The van der Waals surface area contributed by atoms with Crippen LogP contribution >= 0.6 is 11.8 Å². The van der Waals surface area contributed by atoms with Crippen molar-refractivity contribution >= 4 is 17.7 Å². The van der Waals surface area contributed by atoms with E-state index in [1.54, 1.807) is 0 Å². The zero-order chi connectivity index (χ0) is 17.5. The number of allylic oxidation sites excluding steroid dienone is 2. The Bertz CT molecular complexity index is 428. The number of aliphatic hydroxyl groups excluding tert-OH is 3. The zero-order valence-corrected chi connectivity index (χ0v) is 15.2. The Kier molecular flexibility index (Phi) is 8.07. The summed E-state index contributed by atoms with van der Waals surface area (Å²) in [6.07, 6.45) is 7.09. The van der Waals surface area contributed by atoms with Gasteiger partial charge in [0.05, 0.1) is 31.3 Å². The minimum absolute atomic E-state index is 0.00988. The van der Waals surface area contributed by atoms with Crippen LogP contribution in [0.5, 0.6) is 0 Å². The molecule has 1 saturated carbocycles. The highest BCUT2D eigenvalue weighted by molar-refractivity contribution is 8.00. The standard InChI is InChI=1S/C18H30O5S/c1-12-5-3-2-4-6-13-9-14(20)10-15(13)18(22)16(24-8-7-19)11-17(21)23-12/h4,6,12-16,18-20,22H,2-3,5,7-11H2,1H3/b6-4+/t12-,13+,14-,15+,16+,18-/m0/s1. The molecule has 1 fully saturated rings. The van der Waals surface area contributed by atoms with Crippen LogP contribution < -0.4 is 0 Å². The topological polar surface area (TPSA) is 87.0 Å². The van der Waals surface area contributed by atoms with Gasteiger partial charge in [-0.05, 0) is 50.9 Å². The molecule has 2 aliphatic rings. The Morgan fingerprint density at radius 1 is 1.33 bits per heavy atom. The van der Waals surface area contributed by atoms with E-state index in [2.05, 4.69) is 12.2 Å². The van der Waals surface area contributed by atoms with Crippen molar-refractivity contribution in [3.05, 3.63) is 12.2 Å². The lowest BCUT2D eigenvalue weighted by Crippen LogP contribution is -2.36. The van der Waals surface area contributed by atoms with E-state index in [-0.39, 0.29) is 42.2 Å². The summed E-state index contributed by atoms with van der Waals surface area (Å²) in [7, 11) is 0. The first-order valence-corrected chi connectivity index (χ1v) is 10.0. The number of thioether (sulfide) groups is 1. The first kappa shape index (κ1) is 19.8. The van der Waals surface area contributed by atoms with E-state index in [1.807, 2.05) is 6.92 Å². The highest BCUT2D eigenvalue weighted by Crippen LogP contribution is 2.39. The molecule has 138 valence electrons. The fourth-order valence-corrected chi connectivity index (χ4v) is 4.80. The average Bonchev–Trinajstić information content (AvgIpc) is 2.90. The smallest absolute Gasteiger partial charge is 0.307 e. The number of hydrogen-bond donors (Lipinski definition) is 3. The second kappa shape index (κ2) is 9.80. The van der Waals surface area contributed by atoms with Crippen LogP contribution in [0.15, 0.2) is 12.2 Å². The number of aliphatic hydroxyl groups is 3. The first-order chi connectivity index (χ1) is 11.5. The lowest BCUT2D eigenvalue weighted by Gasteiger charge is -2.29. The van der Waals surface area contributed by atoms with Gasteiger partial charge in [0.2, 0.25) is 0 Å². The number of carbonyl (C=O) groups excluding carboxylic acids is 1. The Hall–Kier alpha value is -0.560. The third-order valence-corrected chi connectivity index (χ3v) is 6.24. The predicted octanol–water partition coefficient (Wildman–Crippen LogP) is 1.89. The SMILES string of the molecule is C[C@H]1CCC/C=C/[C@@H]2C[C@H](O)C[C@H]2[C@H](O)[C@H](SCCO)CC(=O)O1. The van der Waals surface area contributed by atoms with E-state index in [9.17, 15) is 15.0 Å². The summed E-state index contributed by atoms with van der Waals surface area (Å²) in [5, 5.41) is 29.7. The normalized spacial score (nSPS) is 39.9. The number of rotatable bonds is 3. The summed E-state index contributed by atoms with van der Waals surface area (Å²) in [4.78, 5) is 12.2. The van der Waals surface area contributed by atoms with Crippen molar-refractivity contribution in [1.82, 2.24) is 0 Å².